The van der Waals surface area contributed by atoms with Gasteiger partial charge in [0, 0.05) is 50.4 Å². The van der Waals surface area contributed by atoms with Crippen LogP contribution in [-0.2, 0) is 9.59 Å². The van der Waals surface area contributed by atoms with Gasteiger partial charge in [0.15, 0.2) is 23.9 Å². The lowest BCUT2D eigenvalue weighted by atomic mass is 10.1. The summed E-state index contributed by atoms with van der Waals surface area (Å²) in [5, 5.41) is 2.71. The lowest BCUT2D eigenvalue weighted by Crippen LogP contribution is -2.48. The van der Waals surface area contributed by atoms with E-state index in [2.05, 4.69) is 10.2 Å². The Labute approximate surface area is 185 Å². The van der Waals surface area contributed by atoms with E-state index in [1.165, 1.54) is 6.92 Å². The predicted molar refractivity (Wildman–Crippen MR) is 118 cm³/mol. The fraction of sp³-hybridized carbons (Fsp3) is 0.348. The monoisotopic (exact) mass is 439 g/mol. The van der Waals surface area contributed by atoms with E-state index in [4.69, 9.17) is 14.2 Å². The fourth-order valence-corrected chi connectivity index (χ4v) is 3.70. The van der Waals surface area contributed by atoms with Gasteiger partial charge in [-0.15, -0.1) is 0 Å². The van der Waals surface area contributed by atoms with Crippen LogP contribution in [0.15, 0.2) is 36.4 Å². The van der Waals surface area contributed by atoms with E-state index in [1.807, 2.05) is 29.2 Å². The number of rotatable bonds is 6. The summed E-state index contributed by atoms with van der Waals surface area (Å²) in [5.41, 5.74) is 1.74. The number of Topliss-reactive ketones (excluding diaryl/α,β-unsaturated/α-hetero) is 1. The van der Waals surface area contributed by atoms with E-state index >= 15 is 0 Å². The second-order valence-corrected chi connectivity index (χ2v) is 7.63. The van der Waals surface area contributed by atoms with Gasteiger partial charge in [0.25, 0.3) is 5.91 Å². The van der Waals surface area contributed by atoms with Crippen LogP contribution < -0.4 is 24.4 Å². The standard InChI is InChI=1S/C23H25N3O6/c1-15(27)19-11-21-22(32-14-31-21)12-20(19)24-23(29)13-30-18-5-3-17(4-6-18)26-9-7-25(8-10-26)16(2)28/h3-6,11-12H,7-10,13-14H2,1-2H3,(H,24,29). The van der Waals surface area contributed by atoms with Gasteiger partial charge in [-0.3, -0.25) is 14.4 Å². The second-order valence-electron chi connectivity index (χ2n) is 7.63. The molecule has 2 aromatic carbocycles. The van der Waals surface area contributed by atoms with Crippen molar-refractivity contribution >= 4 is 29.0 Å². The van der Waals surface area contributed by atoms with Crippen molar-refractivity contribution in [3.05, 3.63) is 42.0 Å². The summed E-state index contributed by atoms with van der Waals surface area (Å²) >= 11 is 0. The molecule has 0 aromatic heterocycles. The third kappa shape index (κ3) is 4.77. The van der Waals surface area contributed by atoms with Gasteiger partial charge in [-0.05, 0) is 37.3 Å². The Hall–Kier alpha value is -3.75. The number of anilines is 2. The molecular formula is C23H25N3O6. The molecule has 0 saturated carbocycles. The first-order valence-electron chi connectivity index (χ1n) is 10.4. The zero-order valence-corrected chi connectivity index (χ0v) is 18.1. The number of ketones is 1. The van der Waals surface area contributed by atoms with Crippen LogP contribution in [0.1, 0.15) is 24.2 Å². The number of ether oxygens (including phenoxy) is 3. The van der Waals surface area contributed by atoms with Gasteiger partial charge in [-0.25, -0.2) is 0 Å². The van der Waals surface area contributed by atoms with E-state index < -0.39 is 5.91 Å². The number of benzene rings is 2. The average Bonchev–Trinajstić information content (AvgIpc) is 3.25. The molecule has 2 amide bonds. The average molecular weight is 439 g/mol. The van der Waals surface area contributed by atoms with Crippen molar-refractivity contribution in [2.45, 2.75) is 13.8 Å². The van der Waals surface area contributed by atoms with Crippen molar-refractivity contribution < 1.29 is 28.6 Å². The minimum Gasteiger partial charge on any atom is -0.484 e. The Morgan fingerprint density at radius 3 is 2.25 bits per heavy atom. The zero-order valence-electron chi connectivity index (χ0n) is 18.1. The highest BCUT2D eigenvalue weighted by Crippen LogP contribution is 2.37. The van der Waals surface area contributed by atoms with E-state index in [-0.39, 0.29) is 25.1 Å². The third-order valence-corrected chi connectivity index (χ3v) is 5.46. The highest BCUT2D eigenvalue weighted by molar-refractivity contribution is 6.04. The number of nitrogens with zero attached hydrogens (tertiary/aromatic N) is 2. The van der Waals surface area contributed by atoms with Crippen molar-refractivity contribution in [2.24, 2.45) is 0 Å². The Balaban J connectivity index is 1.32. The number of hydrogen-bond donors (Lipinski definition) is 1. The van der Waals surface area contributed by atoms with E-state index in [9.17, 15) is 14.4 Å². The predicted octanol–water partition coefficient (Wildman–Crippen LogP) is 2.30. The SMILES string of the molecule is CC(=O)c1cc2c(cc1NC(=O)COc1ccc(N3CCN(C(C)=O)CC3)cc1)OCO2. The molecule has 2 aliphatic heterocycles. The summed E-state index contributed by atoms with van der Waals surface area (Å²) in [5.74, 6) is 1.03. The van der Waals surface area contributed by atoms with Crippen molar-refractivity contribution in [3.63, 3.8) is 0 Å². The highest BCUT2D eigenvalue weighted by atomic mass is 16.7. The molecule has 0 unspecified atom stereocenters. The van der Waals surface area contributed by atoms with Crippen molar-refractivity contribution in [1.82, 2.24) is 4.90 Å². The molecule has 1 saturated heterocycles. The van der Waals surface area contributed by atoms with Gasteiger partial charge in [0.05, 0.1) is 5.69 Å². The maximum atomic E-state index is 12.4. The normalized spacial score (nSPS) is 14.8. The zero-order chi connectivity index (χ0) is 22.7. The number of carbonyl (C=O) groups excluding carboxylic acids is 3. The fourth-order valence-electron chi connectivity index (χ4n) is 3.70. The van der Waals surface area contributed by atoms with Crippen LogP contribution in [0.4, 0.5) is 11.4 Å². The van der Waals surface area contributed by atoms with Gasteiger partial charge in [-0.2, -0.15) is 0 Å². The van der Waals surface area contributed by atoms with E-state index in [0.717, 1.165) is 18.8 Å². The number of nitrogens with one attached hydrogen (secondary N) is 1. The smallest absolute Gasteiger partial charge is 0.262 e. The Bertz CT molecular complexity index is 1030. The van der Waals surface area contributed by atoms with E-state index in [0.29, 0.717) is 41.6 Å². The van der Waals surface area contributed by atoms with Gasteiger partial charge >= 0.3 is 0 Å². The van der Waals surface area contributed by atoms with Crippen molar-refractivity contribution in [1.29, 1.82) is 0 Å². The van der Waals surface area contributed by atoms with Gasteiger partial charge in [0.2, 0.25) is 12.7 Å². The first kappa shape index (κ1) is 21.5. The molecule has 32 heavy (non-hydrogen) atoms. The minimum absolute atomic E-state index is 0.0790. The molecule has 0 bridgehead atoms. The molecule has 9 nitrogen and oxygen atoms in total. The van der Waals surface area contributed by atoms with Crippen LogP contribution >= 0.6 is 0 Å². The molecule has 2 aromatic rings. The van der Waals surface area contributed by atoms with Gasteiger partial charge < -0.3 is 29.3 Å². The number of amides is 2. The second kappa shape index (κ2) is 9.17. The first-order valence-corrected chi connectivity index (χ1v) is 10.4. The van der Waals surface area contributed by atoms with Crippen LogP contribution in [0.25, 0.3) is 0 Å². The molecule has 1 N–H and O–H groups in total. The molecule has 0 spiro atoms. The molecule has 2 heterocycles. The summed E-state index contributed by atoms with van der Waals surface area (Å²) in [7, 11) is 0. The lowest BCUT2D eigenvalue weighted by Gasteiger charge is -2.35. The summed E-state index contributed by atoms with van der Waals surface area (Å²) in [6, 6.07) is 10.6. The number of carbonyl (C=O) groups is 3. The van der Waals surface area contributed by atoms with Crippen molar-refractivity contribution in [2.75, 3.05) is 49.8 Å². The maximum absolute atomic E-state index is 12.4. The minimum atomic E-state index is -0.393. The van der Waals surface area contributed by atoms with Crippen LogP contribution in [0.2, 0.25) is 0 Å². The van der Waals surface area contributed by atoms with Gasteiger partial charge in [0.1, 0.15) is 5.75 Å². The molecule has 2 aliphatic rings. The first-order chi connectivity index (χ1) is 15.4. The van der Waals surface area contributed by atoms with Crippen LogP contribution in [0.3, 0.4) is 0 Å². The molecule has 168 valence electrons. The Morgan fingerprint density at radius 2 is 1.62 bits per heavy atom. The quantitative estimate of drug-likeness (QED) is 0.690. The molecular weight excluding hydrogens is 414 g/mol. The maximum Gasteiger partial charge on any atom is 0.262 e. The number of fused-ring (bicyclic) bond motifs is 1. The molecule has 0 atom stereocenters. The summed E-state index contributed by atoms with van der Waals surface area (Å²) < 4.78 is 16.2. The highest BCUT2D eigenvalue weighted by Gasteiger charge is 2.21. The third-order valence-electron chi connectivity index (χ3n) is 5.46. The Morgan fingerprint density at radius 1 is 0.969 bits per heavy atom. The van der Waals surface area contributed by atoms with E-state index in [1.54, 1.807) is 19.1 Å². The molecule has 4 rings (SSSR count). The van der Waals surface area contributed by atoms with Crippen LogP contribution in [-0.4, -0.2) is 62.1 Å². The van der Waals surface area contributed by atoms with Crippen molar-refractivity contribution in [3.8, 4) is 17.2 Å². The topological polar surface area (TPSA) is 97.4 Å². The lowest BCUT2D eigenvalue weighted by molar-refractivity contribution is -0.129. The summed E-state index contributed by atoms with van der Waals surface area (Å²) in [6.45, 7) is 5.84. The Kier molecular flexibility index (Phi) is 6.16. The summed E-state index contributed by atoms with van der Waals surface area (Å²) in [4.78, 5) is 39.8. The largest absolute Gasteiger partial charge is 0.484 e. The molecule has 1 fully saturated rings. The van der Waals surface area contributed by atoms with Gasteiger partial charge in [-0.1, -0.05) is 0 Å². The van der Waals surface area contributed by atoms with Crippen LogP contribution in [0.5, 0.6) is 17.2 Å². The van der Waals surface area contributed by atoms with Crippen LogP contribution in [0, 0.1) is 0 Å². The summed E-state index contributed by atoms with van der Waals surface area (Å²) in [6.07, 6.45) is 0. The number of piperazine rings is 1. The molecule has 9 heteroatoms. The number of hydrogen-bond acceptors (Lipinski definition) is 7. The molecule has 0 aliphatic carbocycles. The molecule has 0 radical (unpaired) electrons.